The Balaban J connectivity index is 3.18. The number of thiophene rings is 1. The van der Waals surface area contributed by atoms with Gasteiger partial charge in [0.05, 0.1) is 26.7 Å². The quantitative estimate of drug-likeness (QED) is 0.469. The molecule has 0 aliphatic heterocycles. The number of hydrogen-bond acceptors (Lipinski definition) is 4. The van der Waals surface area contributed by atoms with Crippen molar-refractivity contribution in [1.29, 1.82) is 0 Å². The van der Waals surface area contributed by atoms with E-state index in [2.05, 4.69) is 23.4 Å². The van der Waals surface area contributed by atoms with Gasteiger partial charge in [-0.25, -0.2) is 0 Å². The summed E-state index contributed by atoms with van der Waals surface area (Å²) >= 11 is 7.06. The van der Waals surface area contributed by atoms with Crippen molar-refractivity contribution in [3.05, 3.63) is 22.4 Å². The van der Waals surface area contributed by atoms with Gasteiger partial charge < -0.3 is 5.21 Å². The number of hydrogen-bond donors (Lipinski definition) is 1. The van der Waals surface area contributed by atoms with E-state index >= 15 is 0 Å². The van der Waals surface area contributed by atoms with Gasteiger partial charge in [0.25, 0.3) is 0 Å². The van der Waals surface area contributed by atoms with Gasteiger partial charge in [-0.1, -0.05) is 23.3 Å². The SMILES string of the molecule is C=Nc1cc(/C=N/O)sc1C(=C)Cl. The highest BCUT2D eigenvalue weighted by atomic mass is 35.5. The van der Waals surface area contributed by atoms with Crippen molar-refractivity contribution >= 4 is 46.6 Å². The van der Waals surface area contributed by atoms with Crippen molar-refractivity contribution in [2.24, 2.45) is 10.1 Å². The first kappa shape index (κ1) is 9.95. The number of rotatable bonds is 3. The molecule has 5 heteroatoms. The van der Waals surface area contributed by atoms with Crippen molar-refractivity contribution in [2.75, 3.05) is 0 Å². The van der Waals surface area contributed by atoms with E-state index in [1.165, 1.54) is 17.6 Å². The molecule has 1 rings (SSSR count). The van der Waals surface area contributed by atoms with Crippen LogP contribution in [0.4, 0.5) is 5.69 Å². The van der Waals surface area contributed by atoms with E-state index in [1.54, 1.807) is 6.07 Å². The maximum absolute atomic E-state index is 8.31. The molecule has 0 fully saturated rings. The van der Waals surface area contributed by atoms with Gasteiger partial charge in [-0.05, 0) is 12.8 Å². The van der Waals surface area contributed by atoms with E-state index in [1.807, 2.05) is 0 Å². The molecule has 0 aliphatic carbocycles. The lowest BCUT2D eigenvalue weighted by molar-refractivity contribution is 0.322. The van der Waals surface area contributed by atoms with E-state index in [9.17, 15) is 0 Å². The summed E-state index contributed by atoms with van der Waals surface area (Å²) in [4.78, 5) is 5.26. The molecule has 68 valence electrons. The molecule has 0 radical (unpaired) electrons. The van der Waals surface area contributed by atoms with E-state index < -0.39 is 0 Å². The summed E-state index contributed by atoms with van der Waals surface area (Å²) in [7, 11) is 0. The Hall–Kier alpha value is -1.13. The lowest BCUT2D eigenvalue weighted by Crippen LogP contribution is -1.68. The Morgan fingerprint density at radius 2 is 2.38 bits per heavy atom. The highest BCUT2D eigenvalue weighted by Gasteiger charge is 2.08. The van der Waals surface area contributed by atoms with Crippen molar-refractivity contribution in [1.82, 2.24) is 0 Å². The molecule has 0 spiro atoms. The fourth-order valence-electron chi connectivity index (χ4n) is 0.832. The zero-order chi connectivity index (χ0) is 9.84. The van der Waals surface area contributed by atoms with Crippen molar-refractivity contribution < 1.29 is 5.21 Å². The molecule has 0 bridgehead atoms. The Morgan fingerprint density at radius 1 is 1.69 bits per heavy atom. The Kier molecular flexibility index (Phi) is 3.22. The molecule has 0 amide bonds. The van der Waals surface area contributed by atoms with Crippen LogP contribution in [0.5, 0.6) is 0 Å². The van der Waals surface area contributed by atoms with Crippen LogP contribution in [0, 0.1) is 0 Å². The third-order valence-electron chi connectivity index (χ3n) is 1.33. The third-order valence-corrected chi connectivity index (χ3v) is 2.75. The maximum Gasteiger partial charge on any atom is 0.0834 e. The molecular weight excluding hydrogens is 208 g/mol. The molecule has 13 heavy (non-hydrogen) atoms. The number of aliphatic imine (C=N–C) groups is 1. The fourth-order valence-corrected chi connectivity index (χ4v) is 1.89. The van der Waals surface area contributed by atoms with Gasteiger partial charge in [-0.15, -0.1) is 11.3 Å². The van der Waals surface area contributed by atoms with Crippen LogP contribution in [0.25, 0.3) is 5.03 Å². The minimum Gasteiger partial charge on any atom is -0.411 e. The average Bonchev–Trinajstić information content (AvgIpc) is 2.48. The molecule has 0 aliphatic rings. The summed E-state index contributed by atoms with van der Waals surface area (Å²) in [5.41, 5.74) is 0.653. The van der Waals surface area contributed by atoms with Crippen LogP contribution in [-0.4, -0.2) is 18.1 Å². The Bertz CT molecular complexity index is 370. The molecule has 3 nitrogen and oxygen atoms in total. The lowest BCUT2D eigenvalue weighted by atomic mass is 10.3. The predicted octanol–water partition coefficient (Wildman–Crippen LogP) is 3.10. The zero-order valence-electron chi connectivity index (χ0n) is 6.70. The normalized spacial score (nSPS) is 10.5. The molecule has 1 N–H and O–H groups in total. The van der Waals surface area contributed by atoms with E-state index in [0.717, 1.165) is 9.75 Å². The summed E-state index contributed by atoms with van der Waals surface area (Å²) in [6, 6.07) is 1.72. The van der Waals surface area contributed by atoms with Gasteiger partial charge in [0.1, 0.15) is 0 Å². The van der Waals surface area contributed by atoms with Gasteiger partial charge >= 0.3 is 0 Å². The minimum absolute atomic E-state index is 0.407. The second kappa shape index (κ2) is 4.20. The van der Waals surface area contributed by atoms with Crippen molar-refractivity contribution in [3.8, 4) is 0 Å². The van der Waals surface area contributed by atoms with Crippen LogP contribution in [0.15, 0.2) is 22.8 Å². The molecule has 0 atom stereocenters. The van der Waals surface area contributed by atoms with Crippen LogP contribution in [0.2, 0.25) is 0 Å². The second-order valence-electron chi connectivity index (χ2n) is 2.17. The first-order valence-electron chi connectivity index (χ1n) is 3.31. The molecule has 0 unspecified atom stereocenters. The molecule has 1 aromatic heterocycles. The van der Waals surface area contributed by atoms with E-state index in [4.69, 9.17) is 16.8 Å². The van der Waals surface area contributed by atoms with Crippen molar-refractivity contribution in [2.45, 2.75) is 0 Å². The maximum atomic E-state index is 8.31. The standard InChI is InChI=1S/C8H7ClN2OS/c1-5(9)8-7(10-2)3-6(13-8)4-11-12/h3-4,12H,1-2H2/b11-4+. The van der Waals surface area contributed by atoms with Gasteiger partial charge in [-0.2, -0.15) is 0 Å². The highest BCUT2D eigenvalue weighted by molar-refractivity contribution is 7.16. The van der Waals surface area contributed by atoms with Gasteiger partial charge in [0, 0.05) is 0 Å². The molecule has 0 aromatic carbocycles. The molecule has 0 saturated carbocycles. The fraction of sp³-hybridized carbons (Fsp3) is 0. The Morgan fingerprint density at radius 3 is 2.77 bits per heavy atom. The molecule has 0 saturated heterocycles. The topological polar surface area (TPSA) is 45.0 Å². The summed E-state index contributed by atoms with van der Waals surface area (Å²) in [5, 5.41) is 11.6. The Labute approximate surface area is 84.7 Å². The minimum atomic E-state index is 0.407. The number of nitrogens with zero attached hydrogens (tertiary/aromatic N) is 2. The predicted molar refractivity (Wildman–Crippen MR) is 57.8 cm³/mol. The second-order valence-corrected chi connectivity index (χ2v) is 3.71. The van der Waals surface area contributed by atoms with Crippen molar-refractivity contribution in [3.63, 3.8) is 0 Å². The van der Waals surface area contributed by atoms with E-state index in [-0.39, 0.29) is 0 Å². The lowest BCUT2D eigenvalue weighted by Gasteiger charge is -1.91. The van der Waals surface area contributed by atoms with Gasteiger partial charge in [-0.3, -0.25) is 4.99 Å². The summed E-state index contributed by atoms with van der Waals surface area (Å²) in [5.74, 6) is 0. The summed E-state index contributed by atoms with van der Waals surface area (Å²) in [6.45, 7) is 6.99. The van der Waals surface area contributed by atoms with Crippen LogP contribution in [-0.2, 0) is 0 Å². The van der Waals surface area contributed by atoms with Crippen LogP contribution in [0.1, 0.15) is 9.75 Å². The van der Waals surface area contributed by atoms with Gasteiger partial charge in [0.15, 0.2) is 0 Å². The first-order valence-corrected chi connectivity index (χ1v) is 4.51. The van der Waals surface area contributed by atoms with Crippen LogP contribution >= 0.6 is 22.9 Å². The number of halogens is 1. The van der Waals surface area contributed by atoms with E-state index in [0.29, 0.717) is 10.7 Å². The van der Waals surface area contributed by atoms with Crippen LogP contribution < -0.4 is 0 Å². The highest BCUT2D eigenvalue weighted by Crippen LogP contribution is 2.35. The molecule has 1 heterocycles. The average molecular weight is 215 g/mol. The first-order chi connectivity index (χ1) is 6.19. The monoisotopic (exact) mass is 214 g/mol. The summed E-state index contributed by atoms with van der Waals surface area (Å²) < 4.78 is 0. The number of oxime groups is 1. The smallest absolute Gasteiger partial charge is 0.0834 e. The zero-order valence-corrected chi connectivity index (χ0v) is 8.27. The van der Waals surface area contributed by atoms with Crippen LogP contribution in [0.3, 0.4) is 0 Å². The third kappa shape index (κ3) is 2.17. The molecule has 1 aromatic rings. The largest absolute Gasteiger partial charge is 0.411 e. The van der Waals surface area contributed by atoms with Gasteiger partial charge in [0.2, 0.25) is 0 Å². The molecular formula is C8H7ClN2OS. The summed E-state index contributed by atoms with van der Waals surface area (Å²) in [6.07, 6.45) is 1.31.